The fourth-order valence-electron chi connectivity index (χ4n) is 3.06. The van der Waals surface area contributed by atoms with Gasteiger partial charge in [-0.15, -0.1) is 11.3 Å². The van der Waals surface area contributed by atoms with Gasteiger partial charge in [0.15, 0.2) is 0 Å². The highest BCUT2D eigenvalue weighted by Gasteiger charge is 2.18. The van der Waals surface area contributed by atoms with Gasteiger partial charge in [-0.1, -0.05) is 11.6 Å². The largest absolute Gasteiger partial charge is 0.308 e. The predicted octanol–water partition coefficient (Wildman–Crippen LogP) is 4.17. The van der Waals surface area contributed by atoms with Gasteiger partial charge in [0.25, 0.3) is 0 Å². The molecule has 0 saturated heterocycles. The first-order valence-electron chi connectivity index (χ1n) is 7.72. The first-order valence-corrected chi connectivity index (χ1v) is 8.54. The van der Waals surface area contributed by atoms with Crippen molar-refractivity contribution in [2.24, 2.45) is 0 Å². The molecule has 1 aromatic rings. The van der Waals surface area contributed by atoms with Crippen LogP contribution in [0.3, 0.4) is 0 Å². The molecule has 3 heteroatoms. The lowest BCUT2D eigenvalue weighted by atomic mass is 10.0. The molecule has 104 valence electrons. The van der Waals surface area contributed by atoms with Gasteiger partial charge in [0.2, 0.25) is 0 Å². The molecule has 1 N–H and O–H groups in total. The van der Waals surface area contributed by atoms with Crippen LogP contribution in [-0.2, 0) is 12.8 Å². The van der Waals surface area contributed by atoms with Crippen LogP contribution in [-0.4, -0.2) is 11.5 Å². The molecule has 0 bridgehead atoms. The van der Waals surface area contributed by atoms with Crippen LogP contribution in [0.2, 0.25) is 0 Å². The summed E-state index contributed by atoms with van der Waals surface area (Å²) in [6, 6.07) is 0.414. The zero-order chi connectivity index (χ0) is 13.1. The number of nitrogens with zero attached hydrogens (tertiary/aromatic N) is 1. The summed E-state index contributed by atoms with van der Waals surface area (Å²) < 4.78 is 0. The molecule has 0 amide bonds. The Kier molecular flexibility index (Phi) is 4.34. The highest BCUT2D eigenvalue weighted by atomic mass is 32.1. The second-order valence-electron chi connectivity index (χ2n) is 5.81. The Labute approximate surface area is 120 Å². The first kappa shape index (κ1) is 13.3. The number of nitrogens with one attached hydrogen (secondary N) is 1. The molecule has 0 saturated carbocycles. The van der Waals surface area contributed by atoms with Crippen LogP contribution in [0.4, 0.5) is 0 Å². The number of hydrogen-bond acceptors (Lipinski definition) is 3. The smallest absolute Gasteiger partial charge is 0.110 e. The molecule has 0 spiro atoms. The van der Waals surface area contributed by atoms with Gasteiger partial charge in [0.05, 0.1) is 11.7 Å². The molecule has 2 nitrogen and oxygen atoms in total. The Morgan fingerprint density at radius 1 is 1.26 bits per heavy atom. The number of allylic oxidation sites excluding steroid dienone is 1. The second-order valence-corrected chi connectivity index (χ2v) is 6.92. The maximum Gasteiger partial charge on any atom is 0.110 e. The lowest BCUT2D eigenvalue weighted by Crippen LogP contribution is -2.20. The summed E-state index contributed by atoms with van der Waals surface area (Å²) in [7, 11) is 0. The van der Waals surface area contributed by atoms with Crippen molar-refractivity contribution in [1.82, 2.24) is 10.3 Å². The van der Waals surface area contributed by atoms with Gasteiger partial charge >= 0.3 is 0 Å². The van der Waals surface area contributed by atoms with E-state index in [1.165, 1.54) is 62.1 Å². The van der Waals surface area contributed by atoms with Crippen LogP contribution in [0.5, 0.6) is 0 Å². The average molecular weight is 276 g/mol. The Balaban J connectivity index is 1.51. The summed E-state index contributed by atoms with van der Waals surface area (Å²) in [5.41, 5.74) is 3.04. The Hall–Kier alpha value is -0.670. The van der Waals surface area contributed by atoms with Crippen molar-refractivity contribution in [3.05, 3.63) is 27.2 Å². The van der Waals surface area contributed by atoms with Gasteiger partial charge < -0.3 is 5.32 Å². The Morgan fingerprint density at radius 3 is 2.95 bits per heavy atom. The zero-order valence-electron chi connectivity index (χ0n) is 11.9. The molecule has 19 heavy (non-hydrogen) atoms. The number of rotatable bonds is 5. The van der Waals surface area contributed by atoms with Crippen molar-refractivity contribution in [1.29, 1.82) is 0 Å². The minimum Gasteiger partial charge on any atom is -0.308 e. The van der Waals surface area contributed by atoms with E-state index in [0.717, 1.165) is 6.54 Å². The summed E-state index contributed by atoms with van der Waals surface area (Å²) in [4.78, 5) is 6.39. The van der Waals surface area contributed by atoms with E-state index in [0.29, 0.717) is 6.04 Å². The minimum atomic E-state index is 0.414. The van der Waals surface area contributed by atoms with Gasteiger partial charge in [-0.2, -0.15) is 0 Å². The quantitative estimate of drug-likeness (QED) is 0.816. The molecule has 0 aromatic carbocycles. The first-order chi connectivity index (χ1) is 9.33. The van der Waals surface area contributed by atoms with Crippen molar-refractivity contribution < 1.29 is 0 Å². The molecular weight excluding hydrogens is 252 g/mol. The van der Waals surface area contributed by atoms with Crippen molar-refractivity contribution in [3.63, 3.8) is 0 Å². The minimum absolute atomic E-state index is 0.414. The monoisotopic (exact) mass is 276 g/mol. The van der Waals surface area contributed by atoms with E-state index in [1.807, 2.05) is 11.3 Å². The van der Waals surface area contributed by atoms with E-state index in [4.69, 9.17) is 4.98 Å². The van der Waals surface area contributed by atoms with E-state index < -0.39 is 0 Å². The van der Waals surface area contributed by atoms with Gasteiger partial charge in [0.1, 0.15) is 5.01 Å². The Bertz CT molecular complexity index is 438. The van der Waals surface area contributed by atoms with Crippen LogP contribution in [0.15, 0.2) is 11.6 Å². The van der Waals surface area contributed by atoms with Crippen LogP contribution < -0.4 is 5.32 Å². The van der Waals surface area contributed by atoms with E-state index in [-0.39, 0.29) is 0 Å². The molecular formula is C16H24N2S. The van der Waals surface area contributed by atoms with Crippen molar-refractivity contribution in [2.75, 3.05) is 6.54 Å². The molecule has 1 atom stereocenters. The summed E-state index contributed by atoms with van der Waals surface area (Å²) in [6.07, 6.45) is 12.8. The fraction of sp³-hybridized carbons (Fsp3) is 0.688. The van der Waals surface area contributed by atoms with Crippen LogP contribution in [0.25, 0.3) is 0 Å². The second kappa shape index (κ2) is 6.19. The fourth-order valence-corrected chi connectivity index (χ4v) is 4.24. The number of aromatic nitrogens is 1. The highest BCUT2D eigenvalue weighted by Crippen LogP contribution is 2.29. The van der Waals surface area contributed by atoms with Crippen molar-refractivity contribution >= 4 is 11.3 Å². The molecule has 2 aliphatic rings. The summed E-state index contributed by atoms with van der Waals surface area (Å²) in [5.74, 6) is 0. The molecule has 1 heterocycles. The van der Waals surface area contributed by atoms with Crippen molar-refractivity contribution in [2.45, 2.75) is 64.3 Å². The van der Waals surface area contributed by atoms with Gasteiger partial charge in [0, 0.05) is 4.88 Å². The number of aryl methyl sites for hydroxylation is 2. The third-order valence-electron chi connectivity index (χ3n) is 4.26. The average Bonchev–Trinajstić information content (AvgIpc) is 3.07. The molecule has 1 aromatic heterocycles. The normalized spacial score (nSPS) is 20.2. The third kappa shape index (κ3) is 3.26. The van der Waals surface area contributed by atoms with Gasteiger partial charge in [-0.3, -0.25) is 0 Å². The molecule has 1 unspecified atom stereocenters. The standard InChI is InChI=1S/C16H24N2S/c1-12(17-11-10-13-6-2-3-7-13)16-18-14-8-4-5-9-15(14)19-16/h6,12,17H,2-5,7-11H2,1H3. The van der Waals surface area contributed by atoms with Crippen LogP contribution in [0, 0.1) is 0 Å². The molecule has 2 aliphatic carbocycles. The zero-order valence-corrected chi connectivity index (χ0v) is 12.7. The summed E-state index contributed by atoms with van der Waals surface area (Å²) in [5, 5.41) is 4.94. The lowest BCUT2D eigenvalue weighted by Gasteiger charge is -2.11. The predicted molar refractivity (Wildman–Crippen MR) is 81.7 cm³/mol. The summed E-state index contributed by atoms with van der Waals surface area (Å²) in [6.45, 7) is 3.35. The molecule has 0 fully saturated rings. The Morgan fingerprint density at radius 2 is 2.16 bits per heavy atom. The molecule has 3 rings (SSSR count). The molecule has 0 aliphatic heterocycles. The lowest BCUT2D eigenvalue weighted by molar-refractivity contribution is 0.567. The van der Waals surface area contributed by atoms with Gasteiger partial charge in [-0.05, 0) is 64.8 Å². The number of thiazole rings is 1. The van der Waals surface area contributed by atoms with E-state index in [1.54, 1.807) is 10.5 Å². The number of hydrogen-bond donors (Lipinski definition) is 1. The van der Waals surface area contributed by atoms with Crippen LogP contribution in [0.1, 0.15) is 67.1 Å². The maximum absolute atomic E-state index is 4.84. The van der Waals surface area contributed by atoms with Crippen molar-refractivity contribution in [3.8, 4) is 0 Å². The van der Waals surface area contributed by atoms with E-state index in [9.17, 15) is 0 Å². The van der Waals surface area contributed by atoms with E-state index in [2.05, 4.69) is 18.3 Å². The third-order valence-corrected chi connectivity index (χ3v) is 5.60. The van der Waals surface area contributed by atoms with Gasteiger partial charge in [-0.25, -0.2) is 4.98 Å². The highest BCUT2D eigenvalue weighted by molar-refractivity contribution is 7.11. The summed E-state index contributed by atoms with van der Waals surface area (Å²) >= 11 is 1.94. The number of fused-ring (bicyclic) bond motifs is 1. The van der Waals surface area contributed by atoms with Crippen LogP contribution >= 0.6 is 11.3 Å². The topological polar surface area (TPSA) is 24.9 Å². The molecule has 0 radical (unpaired) electrons. The van der Waals surface area contributed by atoms with E-state index >= 15 is 0 Å². The SMILES string of the molecule is CC(NCCC1=CCCC1)c1nc2c(s1)CCCC2. The maximum atomic E-state index is 4.84.